The van der Waals surface area contributed by atoms with Gasteiger partial charge in [0, 0.05) is 10.6 Å². The first-order valence-electron chi connectivity index (χ1n) is 7.41. The normalized spacial score (nSPS) is 10.9. The largest absolute Gasteiger partial charge is 0.391 e. The van der Waals surface area contributed by atoms with Gasteiger partial charge in [-0.05, 0) is 18.9 Å². The van der Waals surface area contributed by atoms with Gasteiger partial charge in [-0.15, -0.1) is 5.73 Å². The molecule has 1 N–H and O–H groups in total. The molecule has 0 heterocycles. The Labute approximate surface area is 132 Å². The fourth-order valence-electron chi connectivity index (χ4n) is 2.29. The summed E-state index contributed by atoms with van der Waals surface area (Å²) in [5.41, 5.74) is 4.16. The number of hydrogen-bond acceptors (Lipinski definition) is 2. The molecule has 0 amide bonds. The van der Waals surface area contributed by atoms with Gasteiger partial charge in [0.05, 0.1) is 11.9 Å². The first kappa shape index (κ1) is 16.5. The van der Waals surface area contributed by atoms with Gasteiger partial charge in [-0.2, -0.15) is 0 Å². The molecule has 2 rings (SSSR count). The Kier molecular flexibility index (Phi) is 5.57. The van der Waals surface area contributed by atoms with Crippen molar-refractivity contribution in [1.82, 2.24) is 0 Å². The zero-order valence-corrected chi connectivity index (χ0v) is 13.9. The van der Waals surface area contributed by atoms with E-state index >= 15 is 0 Å². The van der Waals surface area contributed by atoms with Crippen molar-refractivity contribution >= 4 is 17.8 Å². The SMILES string of the molecule is CCC(C)=C=C(CO)P(=O)(c1ccccc1)c1ccccc1. The lowest BCUT2D eigenvalue weighted by molar-refractivity contribution is 0.338. The number of aliphatic hydroxyl groups is 1. The lowest BCUT2D eigenvalue weighted by Crippen LogP contribution is -2.18. The molecule has 0 fully saturated rings. The predicted octanol–water partition coefficient (Wildman–Crippen LogP) is 3.83. The van der Waals surface area contributed by atoms with E-state index in [1.807, 2.05) is 74.5 Å². The van der Waals surface area contributed by atoms with Gasteiger partial charge in [-0.3, -0.25) is 0 Å². The smallest absolute Gasteiger partial charge is 0.176 e. The lowest BCUT2D eigenvalue weighted by Gasteiger charge is -2.20. The highest BCUT2D eigenvalue weighted by molar-refractivity contribution is 7.82. The zero-order chi connectivity index (χ0) is 16.0. The molecule has 3 heteroatoms. The second-order valence-corrected chi connectivity index (χ2v) is 7.94. The highest BCUT2D eigenvalue weighted by atomic mass is 31.2. The van der Waals surface area contributed by atoms with Gasteiger partial charge in [0.2, 0.25) is 0 Å². The minimum Gasteiger partial charge on any atom is -0.391 e. The van der Waals surface area contributed by atoms with Crippen LogP contribution in [0.2, 0.25) is 0 Å². The van der Waals surface area contributed by atoms with Crippen molar-refractivity contribution in [1.29, 1.82) is 0 Å². The first-order chi connectivity index (χ1) is 10.6. The van der Waals surface area contributed by atoms with Crippen molar-refractivity contribution in [2.24, 2.45) is 0 Å². The van der Waals surface area contributed by atoms with E-state index in [-0.39, 0.29) is 6.61 Å². The standard InChI is InChI=1S/C19H21O2P/c1-3-16(2)14-19(15-20)22(21,17-10-6-4-7-11-17)18-12-8-5-9-13-18/h4-13,20H,3,15H2,1-2H3. The number of rotatable bonds is 5. The summed E-state index contributed by atoms with van der Waals surface area (Å²) in [5, 5.41) is 11.8. The topological polar surface area (TPSA) is 37.3 Å². The molecule has 0 saturated heterocycles. The summed E-state index contributed by atoms with van der Waals surface area (Å²) < 4.78 is 13.9. The van der Waals surface area contributed by atoms with Crippen LogP contribution in [0.4, 0.5) is 0 Å². The molecular formula is C19H21O2P. The molecule has 0 atom stereocenters. The molecule has 0 radical (unpaired) electrons. The minimum absolute atomic E-state index is 0.265. The third-order valence-electron chi connectivity index (χ3n) is 3.66. The Bertz CT molecular complexity index is 683. The number of benzene rings is 2. The van der Waals surface area contributed by atoms with Gasteiger partial charge in [0.15, 0.2) is 7.14 Å². The number of aliphatic hydroxyl groups excluding tert-OH is 1. The molecule has 0 aliphatic heterocycles. The Balaban J connectivity index is 2.78. The molecule has 0 spiro atoms. The van der Waals surface area contributed by atoms with Crippen molar-refractivity contribution in [3.05, 3.63) is 77.3 Å². The van der Waals surface area contributed by atoms with E-state index in [4.69, 9.17) is 0 Å². The average molecular weight is 312 g/mol. The van der Waals surface area contributed by atoms with E-state index in [0.717, 1.165) is 22.6 Å². The summed E-state index contributed by atoms with van der Waals surface area (Å²) in [5.74, 6) is 0. The minimum atomic E-state index is -3.07. The third kappa shape index (κ3) is 3.31. The van der Waals surface area contributed by atoms with E-state index in [2.05, 4.69) is 5.73 Å². The summed E-state index contributed by atoms with van der Waals surface area (Å²) in [6.45, 7) is 3.70. The van der Waals surface area contributed by atoms with Crippen LogP contribution in [-0.2, 0) is 4.57 Å². The summed E-state index contributed by atoms with van der Waals surface area (Å²) in [4.78, 5) is 0. The summed E-state index contributed by atoms with van der Waals surface area (Å²) in [6, 6.07) is 18.7. The highest BCUT2D eigenvalue weighted by Gasteiger charge is 2.31. The van der Waals surface area contributed by atoms with E-state index in [0.29, 0.717) is 5.31 Å². The summed E-state index contributed by atoms with van der Waals surface area (Å²) in [7, 11) is -3.07. The van der Waals surface area contributed by atoms with Gasteiger partial charge < -0.3 is 9.67 Å². The van der Waals surface area contributed by atoms with Gasteiger partial charge in [-0.25, -0.2) is 0 Å². The summed E-state index contributed by atoms with van der Waals surface area (Å²) in [6.07, 6.45) is 0.813. The highest BCUT2D eigenvalue weighted by Crippen LogP contribution is 2.51. The van der Waals surface area contributed by atoms with Crippen molar-refractivity contribution in [2.45, 2.75) is 20.3 Å². The van der Waals surface area contributed by atoms with Crippen LogP contribution in [0.3, 0.4) is 0 Å². The Morgan fingerprint density at radius 1 is 1.00 bits per heavy atom. The fraction of sp³-hybridized carbons (Fsp3) is 0.211. The van der Waals surface area contributed by atoms with Crippen LogP contribution in [0.25, 0.3) is 0 Å². The van der Waals surface area contributed by atoms with Crippen LogP contribution >= 0.6 is 7.14 Å². The van der Waals surface area contributed by atoms with Crippen molar-refractivity contribution < 1.29 is 9.67 Å². The maximum Gasteiger partial charge on any atom is 0.176 e. The molecule has 2 nitrogen and oxygen atoms in total. The van der Waals surface area contributed by atoms with Gasteiger partial charge in [0.25, 0.3) is 0 Å². The Morgan fingerprint density at radius 3 is 1.82 bits per heavy atom. The van der Waals surface area contributed by atoms with Crippen LogP contribution in [0.15, 0.2) is 77.3 Å². The van der Waals surface area contributed by atoms with Crippen molar-refractivity contribution in [3.63, 3.8) is 0 Å². The molecule has 0 saturated carbocycles. The quantitative estimate of drug-likeness (QED) is 0.673. The van der Waals surface area contributed by atoms with E-state index in [1.54, 1.807) is 0 Å². The van der Waals surface area contributed by atoms with E-state index < -0.39 is 7.14 Å². The second-order valence-electron chi connectivity index (χ2n) is 5.14. The van der Waals surface area contributed by atoms with E-state index in [9.17, 15) is 9.67 Å². The van der Waals surface area contributed by atoms with Crippen molar-refractivity contribution in [2.75, 3.05) is 6.61 Å². The maximum atomic E-state index is 13.9. The van der Waals surface area contributed by atoms with Crippen molar-refractivity contribution in [3.8, 4) is 0 Å². The fourth-order valence-corrected chi connectivity index (χ4v) is 4.94. The van der Waals surface area contributed by atoms with Crippen LogP contribution in [0.5, 0.6) is 0 Å². The van der Waals surface area contributed by atoms with Gasteiger partial charge in [-0.1, -0.05) is 67.6 Å². The Hall–Kier alpha value is -1.85. The molecule has 114 valence electrons. The van der Waals surface area contributed by atoms with Crippen LogP contribution in [-0.4, -0.2) is 11.7 Å². The zero-order valence-electron chi connectivity index (χ0n) is 13.0. The van der Waals surface area contributed by atoms with Gasteiger partial charge in [0.1, 0.15) is 0 Å². The number of hydrogen-bond donors (Lipinski definition) is 1. The molecular weight excluding hydrogens is 291 g/mol. The molecule has 0 unspecified atom stereocenters. The molecule has 0 aliphatic rings. The third-order valence-corrected chi connectivity index (χ3v) is 6.72. The van der Waals surface area contributed by atoms with Crippen LogP contribution in [0, 0.1) is 0 Å². The average Bonchev–Trinajstić information content (AvgIpc) is 2.60. The predicted molar refractivity (Wildman–Crippen MR) is 93.3 cm³/mol. The second kappa shape index (κ2) is 7.42. The molecule has 2 aromatic rings. The first-order valence-corrected chi connectivity index (χ1v) is 9.11. The van der Waals surface area contributed by atoms with E-state index in [1.165, 1.54) is 0 Å². The molecule has 0 bridgehead atoms. The molecule has 2 aromatic carbocycles. The van der Waals surface area contributed by atoms with Crippen LogP contribution in [0.1, 0.15) is 20.3 Å². The van der Waals surface area contributed by atoms with Gasteiger partial charge >= 0.3 is 0 Å². The molecule has 22 heavy (non-hydrogen) atoms. The Morgan fingerprint density at radius 2 is 1.45 bits per heavy atom. The van der Waals surface area contributed by atoms with Crippen LogP contribution < -0.4 is 10.6 Å². The molecule has 0 aromatic heterocycles. The lowest BCUT2D eigenvalue weighted by atomic mass is 10.2. The monoisotopic (exact) mass is 312 g/mol. The molecule has 0 aliphatic carbocycles. The summed E-state index contributed by atoms with van der Waals surface area (Å²) >= 11 is 0. The maximum absolute atomic E-state index is 13.9.